The van der Waals surface area contributed by atoms with Crippen molar-refractivity contribution in [2.24, 2.45) is 0 Å². The zero-order valence-corrected chi connectivity index (χ0v) is 18.7. The van der Waals surface area contributed by atoms with E-state index in [4.69, 9.17) is 9.47 Å². The molecule has 2 heterocycles. The second-order valence-electron chi connectivity index (χ2n) is 7.74. The number of allylic oxidation sites excluding steroid dienone is 1. The minimum atomic E-state index is 0.307. The Kier molecular flexibility index (Phi) is 7.22. The molecular weight excluding hydrogens is 416 g/mol. The summed E-state index contributed by atoms with van der Waals surface area (Å²) < 4.78 is 11.3. The first-order chi connectivity index (χ1) is 16.2. The van der Waals surface area contributed by atoms with Crippen molar-refractivity contribution in [1.82, 2.24) is 19.9 Å². The maximum Gasteiger partial charge on any atom is 0.245 e. The van der Waals surface area contributed by atoms with E-state index in [2.05, 4.69) is 32.9 Å². The molecular formula is C26H26N4O3. The highest BCUT2D eigenvalue weighted by molar-refractivity contribution is 5.81. The van der Waals surface area contributed by atoms with Crippen molar-refractivity contribution in [2.45, 2.75) is 32.3 Å². The summed E-state index contributed by atoms with van der Waals surface area (Å²) in [7, 11) is 1.76. The smallest absolute Gasteiger partial charge is 0.245 e. The lowest BCUT2D eigenvalue weighted by Gasteiger charge is -2.21. The Hall–Kier alpha value is -3.84. The third-order valence-electron chi connectivity index (χ3n) is 5.42. The number of nitrogens with zero attached hydrogens (tertiary/aromatic N) is 3. The summed E-state index contributed by atoms with van der Waals surface area (Å²) in [6.07, 6.45) is 9.41. The van der Waals surface area contributed by atoms with Crippen molar-refractivity contribution in [3.63, 3.8) is 0 Å². The monoisotopic (exact) mass is 442 g/mol. The number of fused-ring (bicyclic) bond motifs is 1. The number of hydrogen-bond acceptors (Lipinski definition) is 6. The third kappa shape index (κ3) is 5.70. The number of carbonyl (C=O) groups excluding carboxylic acids is 1. The van der Waals surface area contributed by atoms with Gasteiger partial charge in [0.2, 0.25) is 5.88 Å². The van der Waals surface area contributed by atoms with Gasteiger partial charge in [-0.15, -0.1) is 0 Å². The Bertz CT molecular complexity index is 1210. The van der Waals surface area contributed by atoms with E-state index < -0.39 is 0 Å². The molecule has 2 aromatic carbocycles. The number of imidazole rings is 1. The van der Waals surface area contributed by atoms with Crippen molar-refractivity contribution >= 4 is 22.9 Å². The van der Waals surface area contributed by atoms with Gasteiger partial charge < -0.3 is 14.5 Å². The Balaban J connectivity index is 0.000000196. The first kappa shape index (κ1) is 22.4. The number of aldehydes is 1. The number of nitrogens with one attached hydrogen (secondary N) is 1. The first-order valence-corrected chi connectivity index (χ1v) is 10.8. The fourth-order valence-corrected chi connectivity index (χ4v) is 3.61. The largest absolute Gasteiger partial charge is 0.437 e. The molecule has 0 bridgehead atoms. The van der Waals surface area contributed by atoms with Crippen LogP contribution in [-0.4, -0.2) is 39.4 Å². The predicted octanol–water partition coefficient (Wildman–Crippen LogP) is 5.54. The fraction of sp³-hybridized carbons (Fsp3) is 0.231. The number of H-pyrrole nitrogens is 1. The van der Waals surface area contributed by atoms with Crippen molar-refractivity contribution in [3.05, 3.63) is 84.1 Å². The molecule has 0 spiro atoms. The van der Waals surface area contributed by atoms with Crippen LogP contribution in [0.4, 0.5) is 0 Å². The number of aromatic nitrogens is 4. The summed E-state index contributed by atoms with van der Waals surface area (Å²) in [5.74, 6) is 1.72. The van der Waals surface area contributed by atoms with Crippen LogP contribution in [0.15, 0.2) is 67.0 Å². The standard InChI is InChI=1S/C18H20N2O2.C8H6N2O/c1-13-3-7-16(8-4-13)22-18-17(19-11-12-20-18)14-5-9-15(21-2)10-6-14;11-5-8-9-6-3-1-2-4-7(6)10-8/h3-5,7-8,11-12,15H,6,9-10H2,1-2H3;1-5H,(H,9,10). The second kappa shape index (κ2) is 10.7. The maximum atomic E-state index is 10.3. The number of benzene rings is 2. The molecule has 33 heavy (non-hydrogen) atoms. The minimum Gasteiger partial charge on any atom is -0.437 e. The van der Waals surface area contributed by atoms with Gasteiger partial charge in [0.1, 0.15) is 11.4 Å². The molecule has 0 radical (unpaired) electrons. The van der Waals surface area contributed by atoms with Gasteiger partial charge in [0, 0.05) is 19.5 Å². The summed E-state index contributed by atoms with van der Waals surface area (Å²) >= 11 is 0. The number of aryl methyl sites for hydroxylation is 1. The summed E-state index contributed by atoms with van der Waals surface area (Å²) in [6.45, 7) is 2.05. The molecule has 0 saturated heterocycles. The lowest BCUT2D eigenvalue weighted by atomic mass is 9.95. The van der Waals surface area contributed by atoms with Crippen LogP contribution in [0.2, 0.25) is 0 Å². The van der Waals surface area contributed by atoms with Crippen LogP contribution in [0, 0.1) is 6.92 Å². The first-order valence-electron chi connectivity index (χ1n) is 10.8. The second-order valence-corrected chi connectivity index (χ2v) is 7.74. The lowest BCUT2D eigenvalue weighted by molar-refractivity contribution is 0.0963. The van der Waals surface area contributed by atoms with Crippen LogP contribution >= 0.6 is 0 Å². The van der Waals surface area contributed by atoms with Crippen molar-refractivity contribution in [2.75, 3.05) is 7.11 Å². The Morgan fingerprint density at radius 1 is 1.06 bits per heavy atom. The van der Waals surface area contributed by atoms with E-state index in [0.29, 0.717) is 24.1 Å². The third-order valence-corrected chi connectivity index (χ3v) is 5.42. The molecule has 168 valence electrons. The van der Waals surface area contributed by atoms with Gasteiger partial charge in [-0.25, -0.2) is 15.0 Å². The van der Waals surface area contributed by atoms with Gasteiger partial charge in [-0.05, 0) is 56.0 Å². The maximum absolute atomic E-state index is 10.3. The predicted molar refractivity (Wildman–Crippen MR) is 127 cm³/mol. The summed E-state index contributed by atoms with van der Waals surface area (Å²) in [4.78, 5) is 26.0. The van der Waals surface area contributed by atoms with Gasteiger partial charge in [-0.1, -0.05) is 35.9 Å². The van der Waals surface area contributed by atoms with Gasteiger partial charge in [0.25, 0.3) is 0 Å². The van der Waals surface area contributed by atoms with Crippen LogP contribution in [0.25, 0.3) is 16.6 Å². The van der Waals surface area contributed by atoms with Crippen LogP contribution in [0.5, 0.6) is 11.6 Å². The molecule has 0 fully saturated rings. The molecule has 7 nitrogen and oxygen atoms in total. The SMILES string of the molecule is COC1CC=C(c2nccnc2Oc2ccc(C)cc2)CC1.O=Cc1nc2ccccc2[nH]1. The van der Waals surface area contributed by atoms with E-state index in [1.54, 1.807) is 19.5 Å². The van der Waals surface area contributed by atoms with E-state index >= 15 is 0 Å². The number of aromatic amines is 1. The van der Waals surface area contributed by atoms with E-state index in [1.165, 1.54) is 11.1 Å². The molecule has 2 aromatic heterocycles. The van der Waals surface area contributed by atoms with Crippen LogP contribution in [0.3, 0.4) is 0 Å². The van der Waals surface area contributed by atoms with Gasteiger partial charge in [0.05, 0.1) is 17.1 Å². The summed E-state index contributed by atoms with van der Waals surface area (Å²) in [5.41, 5.74) is 4.94. The highest BCUT2D eigenvalue weighted by atomic mass is 16.5. The molecule has 1 atom stereocenters. The minimum absolute atomic E-state index is 0.307. The number of hydrogen-bond donors (Lipinski definition) is 1. The molecule has 1 aliphatic carbocycles. The number of para-hydroxylation sites is 2. The summed E-state index contributed by atoms with van der Waals surface area (Å²) in [5, 5.41) is 0. The Labute approximate surface area is 192 Å². The van der Waals surface area contributed by atoms with E-state index in [0.717, 1.165) is 41.7 Å². The van der Waals surface area contributed by atoms with Crippen molar-refractivity contribution in [1.29, 1.82) is 0 Å². The number of rotatable bonds is 5. The van der Waals surface area contributed by atoms with Crippen LogP contribution in [-0.2, 0) is 4.74 Å². The number of carbonyl (C=O) groups is 1. The molecule has 1 N–H and O–H groups in total. The fourth-order valence-electron chi connectivity index (χ4n) is 3.61. The lowest BCUT2D eigenvalue weighted by Crippen LogP contribution is -2.14. The molecule has 1 aliphatic rings. The van der Waals surface area contributed by atoms with Gasteiger partial charge in [0.15, 0.2) is 12.1 Å². The average molecular weight is 443 g/mol. The van der Waals surface area contributed by atoms with Gasteiger partial charge in [-0.2, -0.15) is 0 Å². The average Bonchev–Trinajstić information content (AvgIpc) is 3.30. The van der Waals surface area contributed by atoms with E-state index in [9.17, 15) is 4.79 Å². The topological polar surface area (TPSA) is 90.0 Å². The van der Waals surface area contributed by atoms with Gasteiger partial charge in [-0.3, -0.25) is 4.79 Å². The molecule has 0 aliphatic heterocycles. The number of ether oxygens (including phenoxy) is 2. The zero-order chi connectivity index (χ0) is 23.0. The molecule has 5 rings (SSSR count). The quantitative estimate of drug-likeness (QED) is 0.409. The Morgan fingerprint density at radius 3 is 2.55 bits per heavy atom. The van der Waals surface area contributed by atoms with Crippen molar-refractivity contribution < 1.29 is 14.3 Å². The Morgan fingerprint density at radius 2 is 1.85 bits per heavy atom. The van der Waals surface area contributed by atoms with Crippen LogP contribution in [0.1, 0.15) is 41.1 Å². The van der Waals surface area contributed by atoms with E-state index in [1.807, 2.05) is 48.5 Å². The summed E-state index contributed by atoms with van der Waals surface area (Å²) in [6, 6.07) is 15.5. The number of methoxy groups -OCH3 is 1. The molecule has 4 aromatic rings. The molecule has 1 unspecified atom stereocenters. The van der Waals surface area contributed by atoms with Gasteiger partial charge >= 0.3 is 0 Å². The van der Waals surface area contributed by atoms with Crippen molar-refractivity contribution in [3.8, 4) is 11.6 Å². The van der Waals surface area contributed by atoms with E-state index in [-0.39, 0.29) is 0 Å². The highest BCUT2D eigenvalue weighted by Crippen LogP contribution is 2.32. The molecule has 7 heteroatoms. The zero-order valence-electron chi connectivity index (χ0n) is 18.7. The van der Waals surface area contributed by atoms with Crippen LogP contribution < -0.4 is 4.74 Å². The molecule has 0 amide bonds. The molecule has 0 saturated carbocycles. The normalized spacial score (nSPS) is 15.3. The highest BCUT2D eigenvalue weighted by Gasteiger charge is 2.19.